The summed E-state index contributed by atoms with van der Waals surface area (Å²) in [4.78, 5) is 11.7. The Hall–Kier alpha value is -2.76. The molecule has 1 N–H and O–H groups in total. The minimum Gasteiger partial charge on any atom is -0.493 e. The van der Waals surface area contributed by atoms with Crippen molar-refractivity contribution in [2.75, 3.05) is 21.3 Å². The fourth-order valence-corrected chi connectivity index (χ4v) is 2.55. The first-order valence-electron chi connectivity index (χ1n) is 7.27. The lowest BCUT2D eigenvalue weighted by Crippen LogP contribution is -2.15. The number of carboxylic acids is 1. The third kappa shape index (κ3) is 3.76. The molecule has 0 aromatic heterocycles. The van der Waals surface area contributed by atoms with E-state index in [1.165, 1.54) is 33.5 Å². The molecule has 2 aromatic rings. The van der Waals surface area contributed by atoms with E-state index in [1.807, 2.05) is 0 Å². The van der Waals surface area contributed by atoms with Crippen LogP contribution in [0.1, 0.15) is 17.0 Å². The van der Waals surface area contributed by atoms with Gasteiger partial charge in [0, 0.05) is 0 Å². The van der Waals surface area contributed by atoms with Crippen LogP contribution in [-0.4, -0.2) is 32.4 Å². The third-order valence-corrected chi connectivity index (χ3v) is 3.72. The van der Waals surface area contributed by atoms with Crippen molar-refractivity contribution in [3.63, 3.8) is 0 Å². The molecule has 1 atom stereocenters. The molecule has 0 heterocycles. The van der Waals surface area contributed by atoms with Crippen LogP contribution in [0.25, 0.3) is 0 Å². The first kappa shape index (κ1) is 17.6. The highest BCUT2D eigenvalue weighted by Crippen LogP contribution is 2.40. The molecule has 2 aromatic carbocycles. The molecule has 1 unspecified atom stereocenters. The van der Waals surface area contributed by atoms with Gasteiger partial charge in [-0.1, -0.05) is 12.1 Å². The van der Waals surface area contributed by atoms with Crippen LogP contribution in [0.3, 0.4) is 0 Å². The topological polar surface area (TPSA) is 65.0 Å². The summed E-state index contributed by atoms with van der Waals surface area (Å²) in [6.07, 6.45) is 0.145. The van der Waals surface area contributed by atoms with Crippen LogP contribution >= 0.6 is 0 Å². The van der Waals surface area contributed by atoms with Gasteiger partial charge in [-0.2, -0.15) is 0 Å². The molecule has 0 saturated carbocycles. The Balaban J connectivity index is 2.46. The van der Waals surface area contributed by atoms with Gasteiger partial charge in [0.25, 0.3) is 0 Å². The minimum absolute atomic E-state index is 0.145. The van der Waals surface area contributed by atoms with Gasteiger partial charge in [0.1, 0.15) is 5.82 Å². The van der Waals surface area contributed by atoms with E-state index in [0.29, 0.717) is 28.4 Å². The van der Waals surface area contributed by atoms with E-state index < -0.39 is 17.7 Å². The molecule has 0 aliphatic heterocycles. The zero-order valence-corrected chi connectivity index (χ0v) is 13.7. The number of benzene rings is 2. The fraction of sp³-hybridized carbons (Fsp3) is 0.278. The second kappa shape index (κ2) is 7.68. The van der Waals surface area contributed by atoms with Crippen LogP contribution in [0.2, 0.25) is 0 Å². The van der Waals surface area contributed by atoms with Crippen molar-refractivity contribution in [3.8, 4) is 17.2 Å². The number of carbonyl (C=O) groups is 1. The summed E-state index contributed by atoms with van der Waals surface area (Å²) in [6.45, 7) is 0. The smallest absolute Gasteiger partial charge is 0.311 e. The average molecular weight is 334 g/mol. The minimum atomic E-state index is -1.02. The van der Waals surface area contributed by atoms with Crippen LogP contribution in [0.15, 0.2) is 36.4 Å². The predicted molar refractivity (Wildman–Crippen MR) is 86.6 cm³/mol. The number of aliphatic carboxylic acids is 1. The number of carboxylic acid groups (broad SMARTS) is 1. The number of hydrogen-bond acceptors (Lipinski definition) is 4. The van der Waals surface area contributed by atoms with Crippen LogP contribution in [0, 0.1) is 5.82 Å². The maximum atomic E-state index is 13.4. The zero-order chi connectivity index (χ0) is 17.7. The number of halogens is 1. The molecule has 24 heavy (non-hydrogen) atoms. The lowest BCUT2D eigenvalue weighted by molar-refractivity contribution is -0.138. The van der Waals surface area contributed by atoms with Gasteiger partial charge in [-0.05, 0) is 41.8 Å². The Morgan fingerprint density at radius 3 is 2.17 bits per heavy atom. The van der Waals surface area contributed by atoms with Crippen molar-refractivity contribution < 1.29 is 28.5 Å². The summed E-state index contributed by atoms with van der Waals surface area (Å²) >= 11 is 0. The third-order valence-electron chi connectivity index (χ3n) is 3.72. The van der Waals surface area contributed by atoms with E-state index in [-0.39, 0.29) is 6.42 Å². The average Bonchev–Trinajstić information content (AvgIpc) is 2.58. The van der Waals surface area contributed by atoms with Gasteiger partial charge >= 0.3 is 5.97 Å². The van der Waals surface area contributed by atoms with Crippen molar-refractivity contribution in [2.45, 2.75) is 12.3 Å². The quantitative estimate of drug-likeness (QED) is 0.842. The molecular formula is C18H19FO5. The van der Waals surface area contributed by atoms with E-state index in [0.717, 1.165) is 0 Å². The molecule has 0 aliphatic carbocycles. The molecule has 0 bridgehead atoms. The number of ether oxygens (including phenoxy) is 3. The van der Waals surface area contributed by atoms with E-state index >= 15 is 0 Å². The van der Waals surface area contributed by atoms with Crippen molar-refractivity contribution in [3.05, 3.63) is 53.3 Å². The first-order chi connectivity index (χ1) is 11.5. The van der Waals surface area contributed by atoms with Gasteiger partial charge in [0.2, 0.25) is 5.75 Å². The maximum Gasteiger partial charge on any atom is 0.311 e. The number of hydrogen-bond donors (Lipinski definition) is 1. The van der Waals surface area contributed by atoms with Crippen LogP contribution < -0.4 is 14.2 Å². The van der Waals surface area contributed by atoms with Crippen LogP contribution in [-0.2, 0) is 11.2 Å². The summed E-state index contributed by atoms with van der Waals surface area (Å²) in [5, 5.41) is 9.60. The van der Waals surface area contributed by atoms with Crippen molar-refractivity contribution in [1.82, 2.24) is 0 Å². The number of rotatable bonds is 7. The maximum absolute atomic E-state index is 13.4. The fourth-order valence-electron chi connectivity index (χ4n) is 2.55. The normalized spacial score (nSPS) is 11.7. The second-order valence-electron chi connectivity index (χ2n) is 5.18. The highest BCUT2D eigenvalue weighted by Gasteiger charge is 2.24. The van der Waals surface area contributed by atoms with Crippen LogP contribution in [0.4, 0.5) is 4.39 Å². The lowest BCUT2D eigenvalue weighted by Gasteiger charge is -2.18. The molecule has 2 rings (SSSR count). The Kier molecular flexibility index (Phi) is 5.63. The highest BCUT2D eigenvalue weighted by atomic mass is 19.1. The standard InChI is InChI=1S/C18H19FO5/c1-22-15-9-12(10-16(23-2)17(15)24-3)14(18(20)21)8-11-5-4-6-13(19)7-11/h4-7,9-10,14H,8H2,1-3H3,(H,20,21). The number of methoxy groups -OCH3 is 3. The molecular weight excluding hydrogens is 315 g/mol. The lowest BCUT2D eigenvalue weighted by atomic mass is 9.91. The molecule has 6 heteroatoms. The van der Waals surface area contributed by atoms with Crippen molar-refractivity contribution in [2.24, 2.45) is 0 Å². The van der Waals surface area contributed by atoms with Gasteiger partial charge in [-0.25, -0.2) is 4.39 Å². The van der Waals surface area contributed by atoms with Gasteiger partial charge in [0.15, 0.2) is 11.5 Å². The molecule has 5 nitrogen and oxygen atoms in total. The van der Waals surface area contributed by atoms with E-state index in [4.69, 9.17) is 14.2 Å². The van der Waals surface area contributed by atoms with E-state index in [1.54, 1.807) is 24.3 Å². The summed E-state index contributed by atoms with van der Waals surface area (Å²) < 4.78 is 29.1. The van der Waals surface area contributed by atoms with E-state index in [2.05, 4.69) is 0 Å². The molecule has 0 amide bonds. The Morgan fingerprint density at radius 2 is 1.71 bits per heavy atom. The second-order valence-corrected chi connectivity index (χ2v) is 5.18. The van der Waals surface area contributed by atoms with Crippen molar-refractivity contribution in [1.29, 1.82) is 0 Å². The summed E-state index contributed by atoms with van der Waals surface area (Å²) in [7, 11) is 4.40. The largest absolute Gasteiger partial charge is 0.493 e. The molecule has 0 fully saturated rings. The molecule has 0 aliphatic rings. The molecule has 0 saturated heterocycles. The molecule has 128 valence electrons. The summed E-state index contributed by atoms with van der Waals surface area (Å²) in [5.74, 6) is -1.16. The van der Waals surface area contributed by atoms with Gasteiger partial charge in [-0.15, -0.1) is 0 Å². The van der Waals surface area contributed by atoms with Gasteiger partial charge < -0.3 is 19.3 Å². The van der Waals surface area contributed by atoms with Gasteiger partial charge in [-0.3, -0.25) is 4.79 Å². The monoisotopic (exact) mass is 334 g/mol. The van der Waals surface area contributed by atoms with Crippen molar-refractivity contribution >= 4 is 5.97 Å². The molecule has 0 spiro atoms. The van der Waals surface area contributed by atoms with E-state index in [9.17, 15) is 14.3 Å². The Labute approximate surface area is 139 Å². The zero-order valence-electron chi connectivity index (χ0n) is 13.7. The SMILES string of the molecule is COc1cc(C(Cc2cccc(F)c2)C(=O)O)cc(OC)c1OC. The predicted octanol–water partition coefficient (Wildman–Crippen LogP) is 3.26. The molecule has 0 radical (unpaired) electrons. The Bertz CT molecular complexity index is 704. The van der Waals surface area contributed by atoms with Gasteiger partial charge in [0.05, 0.1) is 27.2 Å². The summed E-state index contributed by atoms with van der Waals surface area (Å²) in [6, 6.07) is 9.08. The van der Waals surface area contributed by atoms with Crippen LogP contribution in [0.5, 0.6) is 17.2 Å². The summed E-state index contributed by atoms with van der Waals surface area (Å²) in [5.41, 5.74) is 1.08. The highest BCUT2D eigenvalue weighted by molar-refractivity contribution is 5.77. The first-order valence-corrected chi connectivity index (χ1v) is 7.27. The Morgan fingerprint density at radius 1 is 1.08 bits per heavy atom.